The lowest BCUT2D eigenvalue weighted by molar-refractivity contribution is -0.143. The molecule has 1 atom stereocenters. The summed E-state index contributed by atoms with van der Waals surface area (Å²) >= 11 is 0. The fourth-order valence-electron chi connectivity index (χ4n) is 3.27. The maximum atomic E-state index is 12.5. The van der Waals surface area contributed by atoms with Gasteiger partial charge in [0, 0.05) is 19.6 Å². The Morgan fingerprint density at radius 2 is 2.07 bits per heavy atom. The van der Waals surface area contributed by atoms with E-state index in [1.165, 1.54) is 4.90 Å². The molecule has 1 fully saturated rings. The number of alkyl halides is 3. The van der Waals surface area contributed by atoms with E-state index < -0.39 is 12.7 Å². The van der Waals surface area contributed by atoms with Crippen molar-refractivity contribution in [1.29, 1.82) is 0 Å². The molecule has 1 aromatic carbocycles. The predicted molar refractivity (Wildman–Crippen MR) is 96.0 cm³/mol. The summed E-state index contributed by atoms with van der Waals surface area (Å²) in [6.45, 7) is 4.08. The van der Waals surface area contributed by atoms with Crippen LogP contribution in [0.3, 0.4) is 0 Å². The second-order valence-corrected chi connectivity index (χ2v) is 6.77. The normalized spacial score (nSPS) is 20.1. The van der Waals surface area contributed by atoms with Crippen molar-refractivity contribution in [1.82, 2.24) is 15.5 Å². The van der Waals surface area contributed by atoms with Crippen LogP contribution in [-0.4, -0.2) is 56.6 Å². The SMILES string of the molecule is CCNC(=NCc1ccc2c(c1)OCO2)NCC1CCN(CC(F)(F)F)C1. The number of guanidine groups is 1. The van der Waals surface area contributed by atoms with Gasteiger partial charge in [-0.1, -0.05) is 6.07 Å². The minimum absolute atomic E-state index is 0.182. The van der Waals surface area contributed by atoms with Crippen LogP contribution < -0.4 is 20.1 Å². The number of hydrogen-bond acceptors (Lipinski definition) is 4. The van der Waals surface area contributed by atoms with Gasteiger partial charge in [0.1, 0.15) is 0 Å². The van der Waals surface area contributed by atoms with Gasteiger partial charge in [-0.15, -0.1) is 0 Å². The molecule has 0 amide bonds. The molecule has 9 heteroatoms. The molecule has 0 spiro atoms. The van der Waals surface area contributed by atoms with E-state index in [9.17, 15) is 13.2 Å². The quantitative estimate of drug-likeness (QED) is 0.581. The molecule has 2 N–H and O–H groups in total. The van der Waals surface area contributed by atoms with Gasteiger partial charge in [-0.05, 0) is 43.5 Å². The van der Waals surface area contributed by atoms with Gasteiger partial charge in [-0.3, -0.25) is 4.90 Å². The second-order valence-electron chi connectivity index (χ2n) is 6.77. The number of rotatable bonds is 6. The van der Waals surface area contributed by atoms with Crippen molar-refractivity contribution >= 4 is 5.96 Å². The lowest BCUT2D eigenvalue weighted by Gasteiger charge is -2.18. The van der Waals surface area contributed by atoms with E-state index in [2.05, 4.69) is 15.6 Å². The highest BCUT2D eigenvalue weighted by molar-refractivity contribution is 5.79. The minimum Gasteiger partial charge on any atom is -0.454 e. The summed E-state index contributed by atoms with van der Waals surface area (Å²) in [5.41, 5.74) is 0.994. The van der Waals surface area contributed by atoms with Crippen LogP contribution in [0.15, 0.2) is 23.2 Å². The van der Waals surface area contributed by atoms with Crippen molar-refractivity contribution in [2.45, 2.75) is 26.1 Å². The van der Waals surface area contributed by atoms with Gasteiger partial charge in [0.25, 0.3) is 0 Å². The van der Waals surface area contributed by atoms with E-state index in [1.54, 1.807) is 0 Å². The summed E-state index contributed by atoms with van der Waals surface area (Å²) in [5, 5.41) is 6.41. The number of aliphatic imine (C=N–C) groups is 1. The molecule has 3 rings (SSSR count). The molecule has 1 saturated heterocycles. The maximum Gasteiger partial charge on any atom is 0.401 e. The molecule has 150 valence electrons. The number of benzene rings is 1. The maximum absolute atomic E-state index is 12.5. The largest absolute Gasteiger partial charge is 0.454 e. The Balaban J connectivity index is 1.49. The third-order valence-electron chi connectivity index (χ3n) is 4.53. The van der Waals surface area contributed by atoms with Crippen LogP contribution in [-0.2, 0) is 6.54 Å². The van der Waals surface area contributed by atoms with Crippen molar-refractivity contribution in [2.24, 2.45) is 10.9 Å². The molecular formula is C18H25F3N4O2. The van der Waals surface area contributed by atoms with Crippen molar-refractivity contribution in [3.8, 4) is 11.5 Å². The van der Waals surface area contributed by atoms with Gasteiger partial charge in [-0.2, -0.15) is 13.2 Å². The van der Waals surface area contributed by atoms with Crippen LogP contribution in [0.5, 0.6) is 11.5 Å². The Labute approximate surface area is 156 Å². The Morgan fingerprint density at radius 1 is 1.26 bits per heavy atom. The summed E-state index contributed by atoms with van der Waals surface area (Å²) in [6, 6.07) is 5.70. The molecule has 0 saturated carbocycles. The smallest absolute Gasteiger partial charge is 0.401 e. The number of hydrogen-bond donors (Lipinski definition) is 2. The first kappa shape index (κ1) is 19.6. The van der Waals surface area contributed by atoms with E-state index in [0.29, 0.717) is 38.7 Å². The van der Waals surface area contributed by atoms with Gasteiger partial charge >= 0.3 is 6.18 Å². The first-order valence-corrected chi connectivity index (χ1v) is 9.13. The van der Waals surface area contributed by atoms with Gasteiger partial charge in [-0.25, -0.2) is 4.99 Å². The fraction of sp³-hybridized carbons (Fsp3) is 0.611. The third kappa shape index (κ3) is 5.92. The molecule has 0 radical (unpaired) electrons. The summed E-state index contributed by atoms with van der Waals surface area (Å²) in [4.78, 5) is 6.01. The lowest BCUT2D eigenvalue weighted by Crippen LogP contribution is -2.40. The zero-order valence-electron chi connectivity index (χ0n) is 15.3. The van der Waals surface area contributed by atoms with E-state index >= 15 is 0 Å². The summed E-state index contributed by atoms with van der Waals surface area (Å²) in [7, 11) is 0. The van der Waals surface area contributed by atoms with Crippen molar-refractivity contribution in [2.75, 3.05) is 39.5 Å². The van der Waals surface area contributed by atoms with Crippen LogP contribution >= 0.6 is 0 Å². The Kier molecular flexibility index (Phi) is 6.30. The van der Waals surface area contributed by atoms with Gasteiger partial charge in [0.05, 0.1) is 13.1 Å². The highest BCUT2D eigenvalue weighted by Gasteiger charge is 2.34. The number of ether oxygens (including phenoxy) is 2. The molecule has 2 aliphatic rings. The standard InChI is InChI=1S/C18H25F3N4O2/c1-2-22-17(23-8-13-3-4-15-16(7-13)27-12-26-15)24-9-14-5-6-25(10-14)11-18(19,20)21/h3-4,7,14H,2,5-6,8-12H2,1H3,(H2,22,23,24). The number of nitrogens with zero attached hydrogens (tertiary/aromatic N) is 2. The summed E-state index contributed by atoms with van der Waals surface area (Å²) in [6.07, 6.45) is -3.38. The number of halogens is 3. The van der Waals surface area contributed by atoms with E-state index in [4.69, 9.17) is 9.47 Å². The summed E-state index contributed by atoms with van der Waals surface area (Å²) < 4.78 is 48.1. The summed E-state index contributed by atoms with van der Waals surface area (Å²) in [5.74, 6) is 2.29. The Morgan fingerprint density at radius 3 is 2.85 bits per heavy atom. The molecular weight excluding hydrogens is 361 g/mol. The molecule has 2 heterocycles. The van der Waals surface area contributed by atoms with E-state index in [1.807, 2.05) is 25.1 Å². The van der Waals surface area contributed by atoms with E-state index in [-0.39, 0.29) is 12.7 Å². The zero-order chi connectivity index (χ0) is 19.3. The van der Waals surface area contributed by atoms with Crippen molar-refractivity contribution < 1.29 is 22.6 Å². The molecule has 0 bridgehead atoms. The number of nitrogens with one attached hydrogen (secondary N) is 2. The zero-order valence-corrected chi connectivity index (χ0v) is 15.3. The number of fused-ring (bicyclic) bond motifs is 1. The first-order chi connectivity index (χ1) is 12.9. The van der Waals surface area contributed by atoms with Crippen LogP contribution in [0.1, 0.15) is 18.9 Å². The van der Waals surface area contributed by atoms with Gasteiger partial charge < -0.3 is 20.1 Å². The highest BCUT2D eigenvalue weighted by atomic mass is 19.4. The van der Waals surface area contributed by atoms with Gasteiger partial charge in [0.15, 0.2) is 17.5 Å². The molecule has 0 aliphatic carbocycles. The Hall–Kier alpha value is -2.16. The monoisotopic (exact) mass is 386 g/mol. The third-order valence-corrected chi connectivity index (χ3v) is 4.53. The second kappa shape index (κ2) is 8.69. The van der Waals surface area contributed by atoms with Crippen LogP contribution in [0, 0.1) is 5.92 Å². The van der Waals surface area contributed by atoms with Crippen LogP contribution in [0.4, 0.5) is 13.2 Å². The predicted octanol–water partition coefficient (Wildman–Crippen LogP) is 2.35. The molecule has 6 nitrogen and oxygen atoms in total. The first-order valence-electron chi connectivity index (χ1n) is 9.13. The Bertz CT molecular complexity index is 666. The minimum atomic E-state index is -4.14. The molecule has 1 unspecified atom stereocenters. The number of likely N-dealkylation sites (tertiary alicyclic amines) is 1. The molecule has 0 aromatic heterocycles. The average Bonchev–Trinajstić information content (AvgIpc) is 3.24. The average molecular weight is 386 g/mol. The van der Waals surface area contributed by atoms with E-state index in [0.717, 1.165) is 23.5 Å². The van der Waals surface area contributed by atoms with Crippen LogP contribution in [0.25, 0.3) is 0 Å². The van der Waals surface area contributed by atoms with Crippen molar-refractivity contribution in [3.63, 3.8) is 0 Å². The fourth-order valence-corrected chi connectivity index (χ4v) is 3.27. The highest BCUT2D eigenvalue weighted by Crippen LogP contribution is 2.32. The molecule has 27 heavy (non-hydrogen) atoms. The van der Waals surface area contributed by atoms with Crippen LogP contribution in [0.2, 0.25) is 0 Å². The van der Waals surface area contributed by atoms with Crippen molar-refractivity contribution in [3.05, 3.63) is 23.8 Å². The van der Waals surface area contributed by atoms with Gasteiger partial charge in [0.2, 0.25) is 6.79 Å². The topological polar surface area (TPSA) is 58.1 Å². The molecule has 2 aliphatic heterocycles. The molecule has 1 aromatic rings. The lowest BCUT2D eigenvalue weighted by atomic mass is 10.1.